The smallest absolute Gasteiger partial charge is 0.264 e. The third kappa shape index (κ3) is 2.14. The maximum Gasteiger partial charge on any atom is 0.264 e. The highest BCUT2D eigenvalue weighted by atomic mass is 32.2. The number of amidine groups is 1. The molecule has 0 radical (unpaired) electrons. The van der Waals surface area contributed by atoms with Gasteiger partial charge in [0.2, 0.25) is 0 Å². The van der Waals surface area contributed by atoms with Crippen molar-refractivity contribution in [2.24, 2.45) is 10.9 Å². The molecule has 0 spiro atoms. The number of hydrogen-bond acceptors (Lipinski definition) is 4. The molecule has 0 fully saturated rings. The fourth-order valence-corrected chi connectivity index (χ4v) is 2.72. The van der Waals surface area contributed by atoms with Gasteiger partial charge in [0.05, 0.1) is 0 Å². The summed E-state index contributed by atoms with van der Waals surface area (Å²) in [5, 5.41) is 0.718. The molecule has 1 aliphatic rings. The van der Waals surface area contributed by atoms with E-state index in [1.165, 1.54) is 11.8 Å². The van der Waals surface area contributed by atoms with E-state index in [9.17, 15) is 4.79 Å². The summed E-state index contributed by atoms with van der Waals surface area (Å²) >= 11 is 1.52. The molecule has 1 aliphatic heterocycles. The Balaban J connectivity index is 2.23. The third-order valence-corrected chi connectivity index (χ3v) is 4.92. The van der Waals surface area contributed by atoms with Gasteiger partial charge in [-0.1, -0.05) is 31.7 Å². The molecule has 5 heteroatoms. The van der Waals surface area contributed by atoms with E-state index in [1.54, 1.807) is 6.20 Å². The highest BCUT2D eigenvalue weighted by Crippen LogP contribution is 2.41. The predicted molar refractivity (Wildman–Crippen MR) is 75.9 cm³/mol. The second kappa shape index (κ2) is 4.72. The molecule has 2 heterocycles. The second-order valence-corrected chi connectivity index (χ2v) is 6.23. The largest absolute Gasteiger partial charge is 0.309 e. The van der Waals surface area contributed by atoms with Gasteiger partial charge in [0.1, 0.15) is 10.6 Å². The number of carbonyl (C=O) groups is 1. The van der Waals surface area contributed by atoms with E-state index in [4.69, 9.17) is 0 Å². The first-order valence-electron chi connectivity index (χ1n) is 5.92. The van der Waals surface area contributed by atoms with Crippen molar-refractivity contribution in [2.45, 2.75) is 25.5 Å². The lowest BCUT2D eigenvalue weighted by Gasteiger charge is -2.25. The maximum absolute atomic E-state index is 12.0. The van der Waals surface area contributed by atoms with Crippen LogP contribution in [-0.2, 0) is 4.79 Å². The summed E-state index contributed by atoms with van der Waals surface area (Å²) in [7, 11) is 1.88. The van der Waals surface area contributed by atoms with Crippen LogP contribution in [0.15, 0.2) is 29.4 Å². The zero-order valence-corrected chi connectivity index (χ0v) is 11.9. The van der Waals surface area contributed by atoms with E-state index in [0.29, 0.717) is 0 Å². The molecule has 4 nitrogen and oxygen atoms in total. The molecule has 1 amide bonds. The van der Waals surface area contributed by atoms with Crippen molar-refractivity contribution < 1.29 is 4.79 Å². The topological polar surface area (TPSA) is 45.6 Å². The van der Waals surface area contributed by atoms with Crippen molar-refractivity contribution in [3.8, 4) is 0 Å². The normalized spacial score (nSPS) is 23.4. The summed E-state index contributed by atoms with van der Waals surface area (Å²) in [6, 6.07) is 5.69. The van der Waals surface area contributed by atoms with Crippen LogP contribution in [0.2, 0.25) is 0 Å². The Labute approximate surface area is 112 Å². The lowest BCUT2D eigenvalue weighted by atomic mass is 9.96. The number of carbonyl (C=O) groups excluding carboxylic acids is 1. The van der Waals surface area contributed by atoms with Crippen LogP contribution in [0.3, 0.4) is 0 Å². The van der Waals surface area contributed by atoms with Crippen LogP contribution in [0, 0.1) is 5.92 Å². The predicted octanol–water partition coefficient (Wildman–Crippen LogP) is 2.56. The Morgan fingerprint density at radius 1 is 1.39 bits per heavy atom. The molecule has 0 bridgehead atoms. The quantitative estimate of drug-likeness (QED) is 0.822. The molecule has 1 aromatic rings. The zero-order chi connectivity index (χ0) is 13.3. The molecular formula is C13H17N3OS. The third-order valence-electron chi connectivity index (χ3n) is 3.31. The van der Waals surface area contributed by atoms with Crippen LogP contribution < -0.4 is 4.90 Å². The molecule has 18 heavy (non-hydrogen) atoms. The van der Waals surface area contributed by atoms with E-state index in [-0.39, 0.29) is 11.8 Å². The van der Waals surface area contributed by atoms with Crippen LogP contribution in [0.25, 0.3) is 0 Å². The van der Waals surface area contributed by atoms with Gasteiger partial charge in [-0.3, -0.25) is 4.79 Å². The number of nitrogens with zero attached hydrogens (tertiary/aromatic N) is 3. The number of aliphatic imine (C=N–C) groups is 1. The number of amides is 1. The summed E-state index contributed by atoms with van der Waals surface area (Å²) in [6.45, 7) is 6.04. The number of aromatic nitrogens is 1. The lowest BCUT2D eigenvalue weighted by Crippen LogP contribution is -2.34. The van der Waals surface area contributed by atoms with Crippen molar-refractivity contribution in [3.63, 3.8) is 0 Å². The second-order valence-electron chi connectivity index (χ2n) is 4.81. The van der Waals surface area contributed by atoms with Crippen molar-refractivity contribution in [2.75, 3.05) is 11.9 Å². The minimum atomic E-state index is -0.460. The Bertz CT molecular complexity index is 486. The van der Waals surface area contributed by atoms with Gasteiger partial charge in [-0.25, -0.2) is 4.98 Å². The molecule has 0 N–H and O–H groups in total. The van der Waals surface area contributed by atoms with Crippen LogP contribution in [0.4, 0.5) is 5.82 Å². The van der Waals surface area contributed by atoms with Crippen LogP contribution in [0.1, 0.15) is 20.8 Å². The molecule has 1 unspecified atom stereocenters. The van der Waals surface area contributed by atoms with E-state index < -0.39 is 4.75 Å². The van der Waals surface area contributed by atoms with Crippen molar-refractivity contribution in [3.05, 3.63) is 24.4 Å². The number of thioether (sulfide) groups is 1. The summed E-state index contributed by atoms with van der Waals surface area (Å²) in [6.07, 6.45) is 1.73. The van der Waals surface area contributed by atoms with E-state index in [2.05, 4.69) is 9.98 Å². The first-order valence-corrected chi connectivity index (χ1v) is 6.73. The van der Waals surface area contributed by atoms with Gasteiger partial charge in [-0.2, -0.15) is 4.99 Å². The van der Waals surface area contributed by atoms with E-state index in [0.717, 1.165) is 11.0 Å². The minimum absolute atomic E-state index is 0.0553. The SMILES string of the molecule is CC(C)C1(C)SC(N(C)c2ccccn2)=NC1=O. The number of hydrogen-bond donors (Lipinski definition) is 0. The molecule has 1 aromatic heterocycles. The Morgan fingerprint density at radius 2 is 2.11 bits per heavy atom. The van der Waals surface area contributed by atoms with Crippen molar-refractivity contribution in [1.82, 2.24) is 4.98 Å². The van der Waals surface area contributed by atoms with Gasteiger partial charge >= 0.3 is 0 Å². The van der Waals surface area contributed by atoms with Gasteiger partial charge < -0.3 is 4.90 Å². The number of pyridine rings is 1. The fraction of sp³-hybridized carbons (Fsp3) is 0.462. The Hall–Kier alpha value is -1.36. The Morgan fingerprint density at radius 3 is 2.61 bits per heavy atom. The van der Waals surface area contributed by atoms with Crippen LogP contribution in [0.5, 0.6) is 0 Å². The maximum atomic E-state index is 12.0. The first kappa shape index (κ1) is 13.1. The summed E-state index contributed by atoms with van der Waals surface area (Å²) in [5.74, 6) is 0.984. The summed E-state index contributed by atoms with van der Waals surface area (Å²) in [5.41, 5.74) is 0. The average molecular weight is 263 g/mol. The fourth-order valence-electron chi connectivity index (χ4n) is 1.61. The minimum Gasteiger partial charge on any atom is -0.309 e. The molecule has 1 atom stereocenters. The van der Waals surface area contributed by atoms with Crippen LogP contribution >= 0.6 is 11.8 Å². The first-order chi connectivity index (χ1) is 8.45. The molecule has 0 aromatic carbocycles. The molecule has 0 aliphatic carbocycles. The van der Waals surface area contributed by atoms with Crippen molar-refractivity contribution >= 4 is 28.7 Å². The van der Waals surface area contributed by atoms with Gasteiger partial charge in [-0.15, -0.1) is 0 Å². The summed E-state index contributed by atoms with van der Waals surface area (Å²) < 4.78 is -0.460. The van der Waals surface area contributed by atoms with Gasteiger partial charge in [-0.05, 0) is 25.0 Å². The highest BCUT2D eigenvalue weighted by molar-refractivity contribution is 8.16. The summed E-state index contributed by atoms with van der Waals surface area (Å²) in [4.78, 5) is 22.3. The van der Waals surface area contributed by atoms with Gasteiger partial charge in [0, 0.05) is 13.2 Å². The van der Waals surface area contributed by atoms with Gasteiger partial charge in [0.15, 0.2) is 5.17 Å². The van der Waals surface area contributed by atoms with E-state index in [1.807, 2.05) is 50.9 Å². The molecule has 2 rings (SSSR count). The molecular weight excluding hydrogens is 246 g/mol. The molecule has 96 valence electrons. The van der Waals surface area contributed by atoms with Crippen molar-refractivity contribution in [1.29, 1.82) is 0 Å². The monoisotopic (exact) mass is 263 g/mol. The number of anilines is 1. The average Bonchev–Trinajstić information content (AvgIpc) is 2.67. The van der Waals surface area contributed by atoms with Crippen LogP contribution in [-0.4, -0.2) is 27.9 Å². The lowest BCUT2D eigenvalue weighted by molar-refractivity contribution is -0.120. The molecule has 0 saturated heterocycles. The Kier molecular flexibility index (Phi) is 3.43. The molecule has 0 saturated carbocycles. The highest BCUT2D eigenvalue weighted by Gasteiger charge is 2.44. The van der Waals surface area contributed by atoms with E-state index >= 15 is 0 Å². The standard InChI is InChI=1S/C13H17N3OS/c1-9(2)13(3)11(17)15-12(18-13)16(4)10-7-5-6-8-14-10/h5-9H,1-4H3. The number of rotatable bonds is 2. The zero-order valence-electron chi connectivity index (χ0n) is 11.0. The van der Waals surface area contributed by atoms with Gasteiger partial charge in [0.25, 0.3) is 5.91 Å².